The number of ether oxygens (including phenoxy) is 1. The molecule has 0 bridgehead atoms. The molecule has 1 nitrogen and oxygen atoms in total. The molecule has 0 aliphatic rings. The van der Waals surface area contributed by atoms with E-state index in [-0.39, 0.29) is 0 Å². The van der Waals surface area contributed by atoms with Crippen LogP contribution in [0.15, 0.2) is 30.3 Å². The molecule has 0 aliphatic heterocycles. The monoisotopic (exact) mass is 248 g/mol. The van der Waals surface area contributed by atoms with Crippen molar-refractivity contribution < 1.29 is 4.74 Å². The van der Waals surface area contributed by atoms with Gasteiger partial charge in [0.2, 0.25) is 0 Å². The first-order chi connectivity index (χ1) is 7.71. The Bertz CT molecular complexity index is 318. The van der Waals surface area contributed by atoms with Crippen molar-refractivity contribution in [1.82, 2.24) is 0 Å². The largest absolute Gasteiger partial charge is 0.509 e. The van der Waals surface area contributed by atoms with Gasteiger partial charge in [-0.25, -0.2) is 0 Å². The summed E-state index contributed by atoms with van der Waals surface area (Å²) in [5.41, 5.74) is 0.914. The van der Waals surface area contributed by atoms with Gasteiger partial charge in [0.05, 0.1) is 0 Å². The molecule has 2 heteroatoms. The van der Waals surface area contributed by atoms with Crippen LogP contribution in [0.3, 0.4) is 0 Å². The molecule has 1 rings (SSSR count). The van der Waals surface area contributed by atoms with Gasteiger partial charge in [0.15, 0.2) is 0 Å². The number of hydrogen-bond donors (Lipinski definition) is 0. The van der Waals surface area contributed by atoms with Gasteiger partial charge in [-0.05, 0) is 12.1 Å². The molecule has 0 amide bonds. The van der Waals surface area contributed by atoms with E-state index in [2.05, 4.69) is 41.5 Å². The average molecular weight is 248 g/mol. The SMILES string of the molecule is C[C](C)(C)[Al]([CH2]Oc1ccccc1)[C](C)(C)C. The van der Waals surface area contributed by atoms with Crippen molar-refractivity contribution in [2.24, 2.45) is 0 Å². The molecule has 1 aromatic rings. The predicted octanol–water partition coefficient (Wildman–Crippen LogP) is 4.70. The van der Waals surface area contributed by atoms with Crippen LogP contribution >= 0.6 is 0 Å². The molecule has 0 fully saturated rings. The molecule has 1 aromatic carbocycles. The predicted molar refractivity (Wildman–Crippen MR) is 77.1 cm³/mol. The minimum absolute atomic E-state index is 0.396. The fraction of sp³-hybridized carbons (Fsp3) is 0.600. The van der Waals surface area contributed by atoms with Crippen LogP contribution < -0.4 is 4.74 Å². The molecular weight excluding hydrogens is 223 g/mol. The van der Waals surface area contributed by atoms with E-state index in [0.29, 0.717) is 8.55 Å². The molecule has 0 N–H and O–H groups in total. The second-order valence-corrected chi connectivity index (χ2v) is 11.8. The Kier molecular flexibility index (Phi) is 4.70. The zero-order valence-corrected chi connectivity index (χ0v) is 13.2. The molecular formula is C15H25AlO. The number of para-hydroxylation sites is 1. The van der Waals surface area contributed by atoms with E-state index >= 15 is 0 Å². The molecule has 0 radical (unpaired) electrons. The Hall–Kier alpha value is -0.448. The van der Waals surface area contributed by atoms with Crippen molar-refractivity contribution in [3.63, 3.8) is 0 Å². The normalized spacial score (nSPS) is 12.4. The lowest BCUT2D eigenvalue weighted by molar-refractivity contribution is 0.367. The van der Waals surface area contributed by atoms with E-state index in [1.54, 1.807) is 0 Å². The summed E-state index contributed by atoms with van der Waals surface area (Å²) in [5.74, 6) is 0.999. The maximum atomic E-state index is 5.98. The summed E-state index contributed by atoms with van der Waals surface area (Å²) in [5, 5.41) is 0. The minimum atomic E-state index is -1.00. The second-order valence-electron chi connectivity index (χ2n) is 6.91. The summed E-state index contributed by atoms with van der Waals surface area (Å²) in [6, 6.07) is 10.2. The zero-order chi connectivity index (χ0) is 13.1. The van der Waals surface area contributed by atoms with Crippen molar-refractivity contribution in [1.29, 1.82) is 0 Å². The van der Waals surface area contributed by atoms with Crippen LogP contribution in [0.25, 0.3) is 0 Å². The van der Waals surface area contributed by atoms with Gasteiger partial charge in [-0.3, -0.25) is 0 Å². The second kappa shape index (κ2) is 5.46. The van der Waals surface area contributed by atoms with Gasteiger partial charge in [0.25, 0.3) is 0 Å². The molecule has 17 heavy (non-hydrogen) atoms. The first-order valence-corrected chi connectivity index (χ1v) is 8.36. The summed E-state index contributed by atoms with van der Waals surface area (Å²) in [4.78, 5) is 0. The van der Waals surface area contributed by atoms with Crippen LogP contribution in [0.1, 0.15) is 41.5 Å². The average Bonchev–Trinajstić information content (AvgIpc) is 2.15. The first kappa shape index (κ1) is 14.6. The third-order valence-corrected chi connectivity index (χ3v) is 7.93. The summed E-state index contributed by atoms with van der Waals surface area (Å²) < 4.78 is 6.77. The Morgan fingerprint density at radius 1 is 0.882 bits per heavy atom. The molecule has 0 saturated carbocycles. The number of benzene rings is 1. The van der Waals surface area contributed by atoms with Crippen LogP contribution in [0.2, 0.25) is 8.55 Å². The van der Waals surface area contributed by atoms with Crippen molar-refractivity contribution in [3.8, 4) is 5.75 Å². The molecule has 94 valence electrons. The summed E-state index contributed by atoms with van der Waals surface area (Å²) >= 11 is -1.00. The van der Waals surface area contributed by atoms with Crippen molar-refractivity contribution in [2.45, 2.75) is 50.1 Å². The third-order valence-electron chi connectivity index (χ3n) is 3.25. The lowest BCUT2D eigenvalue weighted by atomic mass is 10.2. The van der Waals surface area contributed by atoms with Crippen molar-refractivity contribution in [3.05, 3.63) is 30.3 Å². The summed E-state index contributed by atoms with van der Waals surface area (Å²) in [6.07, 6.45) is 0. The maximum Gasteiger partial charge on any atom is 0.331 e. The molecule has 0 aromatic heterocycles. The Balaban J connectivity index is 2.70. The van der Waals surface area contributed by atoms with Crippen LogP contribution in [0, 0.1) is 0 Å². The van der Waals surface area contributed by atoms with E-state index in [1.807, 2.05) is 30.3 Å². The molecule has 0 heterocycles. The van der Waals surface area contributed by atoms with E-state index < -0.39 is 14.1 Å². The lowest BCUT2D eigenvalue weighted by Crippen LogP contribution is -2.40. The highest BCUT2D eigenvalue weighted by Gasteiger charge is 2.42. The first-order valence-electron chi connectivity index (χ1n) is 6.39. The van der Waals surface area contributed by atoms with Crippen LogP contribution in [-0.4, -0.2) is 19.6 Å². The van der Waals surface area contributed by atoms with Gasteiger partial charge < -0.3 is 4.74 Å². The van der Waals surface area contributed by atoms with Crippen LogP contribution in [0.5, 0.6) is 5.75 Å². The Labute approximate surface area is 111 Å². The van der Waals surface area contributed by atoms with Gasteiger partial charge >= 0.3 is 14.1 Å². The lowest BCUT2D eigenvalue weighted by Gasteiger charge is -2.35. The van der Waals surface area contributed by atoms with E-state index in [1.165, 1.54) is 0 Å². The van der Waals surface area contributed by atoms with Gasteiger partial charge in [-0.1, -0.05) is 68.3 Å². The molecule has 0 aliphatic carbocycles. The van der Waals surface area contributed by atoms with Gasteiger partial charge in [0.1, 0.15) is 5.75 Å². The topological polar surface area (TPSA) is 9.23 Å². The van der Waals surface area contributed by atoms with Crippen molar-refractivity contribution >= 4 is 14.1 Å². The Morgan fingerprint density at radius 3 is 1.76 bits per heavy atom. The highest BCUT2D eigenvalue weighted by molar-refractivity contribution is 6.65. The van der Waals surface area contributed by atoms with E-state index in [0.717, 1.165) is 11.2 Å². The van der Waals surface area contributed by atoms with E-state index in [9.17, 15) is 0 Å². The summed E-state index contributed by atoms with van der Waals surface area (Å²) in [6.45, 7) is 14.1. The van der Waals surface area contributed by atoms with Gasteiger partial charge in [-0.2, -0.15) is 0 Å². The fourth-order valence-corrected chi connectivity index (χ4v) is 6.45. The third kappa shape index (κ3) is 4.74. The highest BCUT2D eigenvalue weighted by Crippen LogP contribution is 2.41. The molecule has 0 atom stereocenters. The molecule has 0 saturated heterocycles. The highest BCUT2D eigenvalue weighted by atomic mass is 27.2. The smallest absolute Gasteiger partial charge is 0.331 e. The Morgan fingerprint density at radius 2 is 1.35 bits per heavy atom. The summed E-state index contributed by atoms with van der Waals surface area (Å²) in [7, 11) is 0. The fourth-order valence-electron chi connectivity index (χ4n) is 2.50. The maximum absolute atomic E-state index is 5.98. The van der Waals surface area contributed by atoms with E-state index in [4.69, 9.17) is 4.74 Å². The molecule has 0 unspecified atom stereocenters. The van der Waals surface area contributed by atoms with Gasteiger partial charge in [0, 0.05) is 5.47 Å². The minimum Gasteiger partial charge on any atom is -0.509 e. The zero-order valence-electron chi connectivity index (χ0n) is 12.1. The standard InChI is InChI=1S/C7H7O.2C4H9.Al/c1-8-7-5-3-2-4-6-7;2*1-4(2)3;/h2-6H,1H2;2*1-3H3;. The molecule has 0 spiro atoms. The number of rotatable bonds is 3. The quantitative estimate of drug-likeness (QED) is 0.704. The van der Waals surface area contributed by atoms with Crippen LogP contribution in [0.4, 0.5) is 0 Å². The van der Waals surface area contributed by atoms with Crippen molar-refractivity contribution in [2.75, 3.05) is 5.47 Å². The number of hydrogen-bond acceptors (Lipinski definition) is 1. The van der Waals surface area contributed by atoms with Gasteiger partial charge in [-0.15, -0.1) is 0 Å². The van der Waals surface area contributed by atoms with Crippen LogP contribution in [-0.2, 0) is 0 Å².